The lowest BCUT2D eigenvalue weighted by Crippen LogP contribution is -2.32. The Hall–Kier alpha value is -5.10. The van der Waals surface area contributed by atoms with Crippen LogP contribution in [-0.2, 0) is 51.9 Å². The van der Waals surface area contributed by atoms with E-state index in [2.05, 4.69) is 49.8 Å². The molecular weight excluding hydrogens is 907 g/mol. The second-order valence-electron chi connectivity index (χ2n) is 13.3. The second-order valence-corrected chi connectivity index (χ2v) is 15.0. The van der Waals surface area contributed by atoms with Crippen molar-refractivity contribution >= 4 is 90.6 Å². The first kappa shape index (κ1) is 53.9. The number of carbonyl (C=O) groups is 7. The number of ether oxygens (including phenoxy) is 5. The fraction of sp³-hybridized carbons (Fsp3) is 0.359. The predicted octanol–water partition coefficient (Wildman–Crippen LogP) is 7.59. The smallest absolute Gasteiger partial charge is 0.407 e. The molecule has 324 valence electrons. The number of carboxylic acids is 2. The lowest BCUT2D eigenvalue weighted by molar-refractivity contribution is -0.140. The third-order valence-corrected chi connectivity index (χ3v) is 7.02. The first-order valence-corrected chi connectivity index (χ1v) is 19.3. The molecule has 4 N–H and O–H groups in total. The maximum Gasteiger partial charge on any atom is 0.407 e. The summed E-state index contributed by atoms with van der Waals surface area (Å²) in [6, 6.07) is 21.0. The maximum atomic E-state index is 11.5. The van der Waals surface area contributed by atoms with Crippen molar-refractivity contribution in [1.29, 1.82) is 0 Å². The van der Waals surface area contributed by atoms with Crippen LogP contribution < -0.4 is 24.8 Å². The van der Waals surface area contributed by atoms with E-state index in [1.165, 1.54) is 0 Å². The Kier molecular flexibility index (Phi) is 25.9. The normalized spacial score (nSPS) is 10.2. The van der Waals surface area contributed by atoms with Gasteiger partial charge in [-0.2, -0.15) is 0 Å². The molecule has 0 saturated carbocycles. The van der Waals surface area contributed by atoms with Crippen molar-refractivity contribution in [3.8, 4) is 17.2 Å². The van der Waals surface area contributed by atoms with Crippen molar-refractivity contribution in [3.63, 3.8) is 0 Å². The molecule has 3 aromatic rings. The van der Waals surface area contributed by atoms with Crippen molar-refractivity contribution in [2.75, 3.05) is 19.8 Å². The lowest BCUT2D eigenvalue weighted by Gasteiger charge is -2.19. The summed E-state index contributed by atoms with van der Waals surface area (Å²) in [6.07, 6.45) is -0.950. The van der Waals surface area contributed by atoms with Crippen molar-refractivity contribution in [3.05, 3.63) is 89.5 Å². The van der Waals surface area contributed by atoms with Crippen molar-refractivity contribution < 1.29 is 67.5 Å². The zero-order valence-electron chi connectivity index (χ0n) is 33.0. The van der Waals surface area contributed by atoms with Gasteiger partial charge in [0, 0.05) is 18.4 Å². The van der Waals surface area contributed by atoms with Gasteiger partial charge in [-0.3, -0.25) is 14.4 Å². The Morgan fingerprint density at radius 1 is 0.525 bits per heavy atom. The molecule has 0 spiro atoms. The highest BCUT2D eigenvalue weighted by molar-refractivity contribution is 9.08. The highest BCUT2D eigenvalue weighted by atomic mass is 79.9. The van der Waals surface area contributed by atoms with Gasteiger partial charge >= 0.3 is 34.6 Å². The van der Waals surface area contributed by atoms with E-state index in [0.717, 1.165) is 22.0 Å². The number of carbonyl (C=O) groups excluding carboxylic acids is 5. The van der Waals surface area contributed by atoms with Crippen molar-refractivity contribution in [2.45, 2.75) is 71.2 Å². The van der Waals surface area contributed by atoms with E-state index in [0.29, 0.717) is 30.3 Å². The average Bonchev–Trinajstić information content (AvgIpc) is 3.14. The zero-order valence-corrected chi connectivity index (χ0v) is 36.8. The first-order chi connectivity index (χ1) is 27.4. The summed E-state index contributed by atoms with van der Waals surface area (Å²) >= 11 is 17.5. The van der Waals surface area contributed by atoms with Crippen LogP contribution in [0.4, 0.5) is 9.59 Å². The molecule has 0 fully saturated rings. The summed E-state index contributed by atoms with van der Waals surface area (Å²) in [6.45, 7) is 10.6. The topological polar surface area (TPSA) is 230 Å². The third-order valence-electron chi connectivity index (χ3n) is 5.83. The number of nitrogens with one attached hydrogen (secondary N) is 2. The Bertz CT molecular complexity index is 1700. The van der Waals surface area contributed by atoms with Crippen LogP contribution >= 0.6 is 50.7 Å². The highest BCUT2D eigenvalue weighted by Gasteiger charge is 2.16. The van der Waals surface area contributed by atoms with Gasteiger partial charge in [-0.05, 0) is 129 Å². The molecule has 0 atom stereocenters. The summed E-state index contributed by atoms with van der Waals surface area (Å²) in [4.78, 5) is 72.8. The number of benzene rings is 3. The molecule has 3 rings (SSSR count). The van der Waals surface area contributed by atoms with Crippen molar-refractivity contribution in [2.24, 2.45) is 0 Å². The number of aliphatic carboxylic acids is 2. The molecule has 0 heterocycles. The molecule has 0 aliphatic heterocycles. The number of halogens is 4. The van der Waals surface area contributed by atoms with Crippen LogP contribution in [0.2, 0.25) is 0 Å². The summed E-state index contributed by atoms with van der Waals surface area (Å²) in [5, 5.41) is 20.0. The number of hydrogen-bond donors (Lipinski definition) is 4. The molecule has 59 heavy (non-hydrogen) atoms. The van der Waals surface area contributed by atoms with Gasteiger partial charge in [-0.15, -0.1) is 0 Å². The molecule has 20 heteroatoms. The molecule has 0 aliphatic rings. The molecule has 3 aromatic carbocycles. The number of alkyl halides is 1. The van der Waals surface area contributed by atoms with Crippen LogP contribution in [0.1, 0.15) is 58.2 Å². The van der Waals surface area contributed by atoms with E-state index in [-0.39, 0.29) is 19.8 Å². The monoisotopic (exact) mass is 950 g/mol. The zero-order chi connectivity index (χ0) is 45.2. The molecule has 0 aliphatic carbocycles. The van der Waals surface area contributed by atoms with Gasteiger partial charge < -0.3 is 44.5 Å². The van der Waals surface area contributed by atoms with Crippen LogP contribution in [-0.4, -0.2) is 81.1 Å². The minimum Gasteiger partial charge on any atom is -0.484 e. The Labute approximate surface area is 364 Å². The van der Waals surface area contributed by atoms with E-state index in [4.69, 9.17) is 45.5 Å². The van der Waals surface area contributed by atoms with E-state index >= 15 is 0 Å². The Balaban J connectivity index is 0.000000814. The van der Waals surface area contributed by atoms with Gasteiger partial charge in [0.2, 0.25) is 0 Å². The summed E-state index contributed by atoms with van der Waals surface area (Å²) in [7, 11) is 0. The van der Waals surface area contributed by atoms with E-state index in [1.54, 1.807) is 102 Å². The number of hydrogen-bond acceptors (Lipinski definition) is 12. The maximum absolute atomic E-state index is 11.5. The van der Waals surface area contributed by atoms with Gasteiger partial charge in [0.25, 0.3) is 5.24 Å². The second kappa shape index (κ2) is 28.3. The fourth-order valence-electron chi connectivity index (χ4n) is 3.49. The number of rotatable bonds is 15. The average molecular weight is 953 g/mol. The highest BCUT2D eigenvalue weighted by Crippen LogP contribution is 2.15. The van der Waals surface area contributed by atoms with Gasteiger partial charge in [0.15, 0.2) is 19.8 Å². The fourth-order valence-corrected chi connectivity index (χ4v) is 3.92. The van der Waals surface area contributed by atoms with Crippen LogP contribution in [0, 0.1) is 0 Å². The lowest BCUT2D eigenvalue weighted by atomic mass is 10.2. The standard InChI is InChI=1S/C14H18ClNO4.C14H19NO5.C9H9BrO3.C2Cl2O2/c1-14(2,3)20-13(18)16-8-10-4-6-11(7-5-10)19-9-12(15)17;1-14(2,3)20-13(18)15-8-10-4-6-11(7-5-10)19-9-12(16)17;10-5-7-1-3-8(4-2-7)13-6-9(11)12;3-1(5)2(4)6/h4-7H,8-9H2,1-3H3,(H,16,18);4-7H,8-9H2,1-3H3,(H,15,18)(H,16,17);1-4H,5-6H2,(H,11,12);. The van der Waals surface area contributed by atoms with Crippen LogP contribution in [0.25, 0.3) is 0 Å². The Morgan fingerprint density at radius 3 is 1.05 bits per heavy atom. The van der Waals surface area contributed by atoms with Crippen molar-refractivity contribution in [1.82, 2.24) is 10.6 Å². The minimum atomic E-state index is -1.14. The van der Waals surface area contributed by atoms with E-state index < -0.39 is 51.1 Å². The number of carboxylic acid groups (broad SMARTS) is 2. The van der Waals surface area contributed by atoms with Crippen LogP contribution in [0.15, 0.2) is 72.8 Å². The van der Waals surface area contributed by atoms with Gasteiger partial charge in [-0.25, -0.2) is 19.2 Å². The van der Waals surface area contributed by atoms with Gasteiger partial charge in [-0.1, -0.05) is 52.3 Å². The molecule has 0 aromatic heterocycles. The predicted molar refractivity (Wildman–Crippen MR) is 222 cm³/mol. The molecule has 0 bridgehead atoms. The molecule has 0 radical (unpaired) electrons. The molecular formula is C39H46BrCl3N2O14. The van der Waals surface area contributed by atoms with E-state index in [1.807, 2.05) is 12.1 Å². The SMILES string of the molecule is CC(C)(C)OC(=O)NCc1ccc(OCC(=O)Cl)cc1.CC(C)(C)OC(=O)NCc1ccc(OCC(=O)O)cc1.O=C(Cl)C(=O)Cl.O=C(O)COc1ccc(CBr)cc1. The molecule has 0 unspecified atom stereocenters. The quantitative estimate of drug-likeness (QED) is 0.0654. The number of alkyl carbamates (subject to hydrolysis) is 2. The molecule has 0 saturated heterocycles. The van der Waals surface area contributed by atoms with Gasteiger partial charge in [0.1, 0.15) is 28.5 Å². The Morgan fingerprint density at radius 2 is 0.814 bits per heavy atom. The van der Waals surface area contributed by atoms with E-state index in [9.17, 15) is 33.6 Å². The number of amides is 2. The first-order valence-electron chi connectivity index (χ1n) is 17.0. The molecule has 16 nitrogen and oxygen atoms in total. The summed E-state index contributed by atoms with van der Waals surface area (Å²) in [5.41, 5.74) is 1.83. The minimum absolute atomic E-state index is 0.170. The largest absolute Gasteiger partial charge is 0.484 e. The van der Waals surface area contributed by atoms with Crippen LogP contribution in [0.3, 0.4) is 0 Å². The van der Waals surface area contributed by atoms with Gasteiger partial charge in [0.05, 0.1) is 0 Å². The molecule has 2 amide bonds. The summed E-state index contributed by atoms with van der Waals surface area (Å²) < 4.78 is 25.3. The third kappa shape index (κ3) is 31.6. The van der Waals surface area contributed by atoms with Crippen LogP contribution in [0.5, 0.6) is 17.2 Å². The summed E-state index contributed by atoms with van der Waals surface area (Å²) in [5.74, 6) is -0.411.